The van der Waals surface area contributed by atoms with E-state index in [2.05, 4.69) is 0 Å². The highest BCUT2D eigenvalue weighted by molar-refractivity contribution is 7.90. The number of carbonyl (C=O) groups excluding carboxylic acids is 2. The Hall–Kier alpha value is -2.56. The molecule has 0 unspecified atom stereocenters. The first-order valence-electron chi connectivity index (χ1n) is 7.96. The van der Waals surface area contributed by atoms with Gasteiger partial charge in [0.1, 0.15) is 19.6 Å². The lowest BCUT2D eigenvalue weighted by atomic mass is 10.1. The number of benzene rings is 1. The molecule has 2 rings (SSSR count). The SMILES string of the molecule is CS(=O)(=O)c1ccc(C(=O)C[NH+]2CCOCC2)cc1.O=C([O-])/C=C\C(=O)O. The van der Waals surface area contributed by atoms with Crippen LogP contribution in [0.1, 0.15) is 10.4 Å². The molecule has 0 amide bonds. The minimum Gasteiger partial charge on any atom is -0.545 e. The maximum atomic E-state index is 12.1. The molecular formula is C17H21NO8S. The number of ether oxygens (including phenoxy) is 1. The van der Waals surface area contributed by atoms with Crippen molar-refractivity contribution < 1.29 is 42.7 Å². The molecular weight excluding hydrogens is 378 g/mol. The Bertz CT molecular complexity index is 777. The van der Waals surface area contributed by atoms with Gasteiger partial charge in [-0.2, -0.15) is 0 Å². The summed E-state index contributed by atoms with van der Waals surface area (Å²) in [4.78, 5) is 32.5. The van der Waals surface area contributed by atoms with Crippen molar-refractivity contribution in [3.05, 3.63) is 42.0 Å². The molecule has 0 bridgehead atoms. The first-order chi connectivity index (χ1) is 12.6. The second-order valence-corrected chi connectivity index (χ2v) is 7.77. The molecule has 148 valence electrons. The smallest absolute Gasteiger partial charge is 0.328 e. The van der Waals surface area contributed by atoms with E-state index in [0.717, 1.165) is 19.3 Å². The van der Waals surface area contributed by atoms with Gasteiger partial charge in [-0.25, -0.2) is 13.2 Å². The van der Waals surface area contributed by atoms with Gasteiger partial charge in [-0.15, -0.1) is 0 Å². The number of carboxylic acid groups (broad SMARTS) is 2. The average molecular weight is 399 g/mol. The summed E-state index contributed by atoms with van der Waals surface area (Å²) in [7, 11) is -3.21. The van der Waals surface area contributed by atoms with E-state index < -0.39 is 21.8 Å². The van der Waals surface area contributed by atoms with Crippen LogP contribution < -0.4 is 10.0 Å². The summed E-state index contributed by atoms with van der Waals surface area (Å²) in [6.07, 6.45) is 2.10. The summed E-state index contributed by atoms with van der Waals surface area (Å²) >= 11 is 0. The van der Waals surface area contributed by atoms with Crippen LogP contribution in [0, 0.1) is 0 Å². The molecule has 10 heteroatoms. The number of Topliss-reactive ketones (excluding diaryl/α,β-unsaturated/α-hetero) is 1. The highest BCUT2D eigenvalue weighted by Gasteiger charge is 2.19. The monoisotopic (exact) mass is 399 g/mol. The van der Waals surface area contributed by atoms with Crippen LogP contribution in [0.5, 0.6) is 0 Å². The van der Waals surface area contributed by atoms with Crippen LogP contribution in [-0.4, -0.2) is 70.3 Å². The van der Waals surface area contributed by atoms with Crippen LogP contribution in [0.4, 0.5) is 0 Å². The Morgan fingerprint density at radius 1 is 1.15 bits per heavy atom. The summed E-state index contributed by atoms with van der Waals surface area (Å²) in [5, 5.41) is 17.2. The quantitative estimate of drug-likeness (QED) is 0.397. The number of rotatable bonds is 6. The van der Waals surface area contributed by atoms with Gasteiger partial charge in [-0.1, -0.05) is 0 Å². The predicted molar refractivity (Wildman–Crippen MR) is 92.0 cm³/mol. The molecule has 1 heterocycles. The first-order valence-corrected chi connectivity index (χ1v) is 9.85. The topological polar surface area (TPSA) is 142 Å². The highest BCUT2D eigenvalue weighted by Crippen LogP contribution is 2.10. The van der Waals surface area contributed by atoms with E-state index in [1.54, 1.807) is 12.1 Å². The van der Waals surface area contributed by atoms with E-state index in [-0.39, 0.29) is 10.7 Å². The van der Waals surface area contributed by atoms with Crippen molar-refractivity contribution in [2.24, 2.45) is 0 Å². The van der Waals surface area contributed by atoms with Crippen molar-refractivity contribution in [3.63, 3.8) is 0 Å². The predicted octanol–water partition coefficient (Wildman–Crippen LogP) is -2.43. The summed E-state index contributed by atoms with van der Waals surface area (Å²) in [6, 6.07) is 6.13. The van der Waals surface area contributed by atoms with Crippen molar-refractivity contribution in [3.8, 4) is 0 Å². The van der Waals surface area contributed by atoms with Crippen molar-refractivity contribution in [2.75, 3.05) is 39.1 Å². The molecule has 0 aromatic heterocycles. The largest absolute Gasteiger partial charge is 0.545 e. The summed E-state index contributed by atoms with van der Waals surface area (Å²) in [5.74, 6) is -2.77. The second-order valence-electron chi connectivity index (χ2n) is 5.75. The minimum atomic E-state index is -3.21. The van der Waals surface area contributed by atoms with Gasteiger partial charge in [0.15, 0.2) is 9.84 Å². The van der Waals surface area contributed by atoms with Crippen LogP contribution in [0.2, 0.25) is 0 Å². The van der Waals surface area contributed by atoms with Crippen LogP contribution in [-0.2, 0) is 24.2 Å². The number of sulfone groups is 1. The molecule has 0 radical (unpaired) electrons. The number of hydrogen-bond donors (Lipinski definition) is 2. The Morgan fingerprint density at radius 3 is 2.11 bits per heavy atom. The van der Waals surface area contributed by atoms with Gasteiger partial charge >= 0.3 is 5.97 Å². The third-order valence-corrected chi connectivity index (χ3v) is 4.71. The minimum absolute atomic E-state index is 0.0388. The summed E-state index contributed by atoms with van der Waals surface area (Å²) in [5.41, 5.74) is 0.561. The van der Waals surface area contributed by atoms with Crippen LogP contribution in [0.25, 0.3) is 0 Å². The average Bonchev–Trinajstić information content (AvgIpc) is 2.61. The van der Waals surface area contributed by atoms with Crippen molar-refractivity contribution >= 4 is 27.6 Å². The van der Waals surface area contributed by atoms with Gasteiger partial charge in [0.2, 0.25) is 5.78 Å². The fraction of sp³-hybridized carbons (Fsp3) is 0.353. The number of aliphatic carboxylic acids is 2. The molecule has 2 N–H and O–H groups in total. The van der Waals surface area contributed by atoms with Gasteiger partial charge < -0.3 is 24.6 Å². The lowest BCUT2D eigenvalue weighted by Gasteiger charge is -2.22. The molecule has 1 aromatic rings. The summed E-state index contributed by atoms with van der Waals surface area (Å²) in [6.45, 7) is 3.49. The number of morpholine rings is 1. The third-order valence-electron chi connectivity index (χ3n) is 3.58. The molecule has 0 aliphatic carbocycles. The van der Waals surface area contributed by atoms with E-state index in [9.17, 15) is 27.9 Å². The standard InChI is InChI=1S/C13H17NO4S.C4H4O4/c1-19(16,17)12-4-2-11(3-5-12)13(15)10-14-6-8-18-9-7-14;5-3(6)1-2-4(7)8/h2-5H,6-10H2,1H3;1-2H,(H,5,6)(H,7,8)/b;2-1-. The van der Waals surface area contributed by atoms with Gasteiger partial charge in [0, 0.05) is 17.9 Å². The van der Waals surface area contributed by atoms with E-state index >= 15 is 0 Å². The van der Waals surface area contributed by atoms with Crippen molar-refractivity contribution in [1.82, 2.24) is 0 Å². The molecule has 0 saturated carbocycles. The molecule has 1 saturated heterocycles. The number of carbonyl (C=O) groups is 3. The number of quaternary nitrogens is 1. The zero-order valence-electron chi connectivity index (χ0n) is 14.7. The lowest BCUT2D eigenvalue weighted by Crippen LogP contribution is -3.14. The number of ketones is 1. The zero-order chi connectivity index (χ0) is 20.4. The summed E-state index contributed by atoms with van der Waals surface area (Å²) < 4.78 is 27.9. The van der Waals surface area contributed by atoms with E-state index in [0.29, 0.717) is 37.5 Å². The Balaban J connectivity index is 0.000000387. The van der Waals surface area contributed by atoms with Crippen LogP contribution >= 0.6 is 0 Å². The third kappa shape index (κ3) is 9.08. The molecule has 0 spiro atoms. The van der Waals surface area contributed by atoms with Gasteiger partial charge in [0.05, 0.1) is 24.1 Å². The zero-order valence-corrected chi connectivity index (χ0v) is 15.5. The van der Waals surface area contributed by atoms with Crippen LogP contribution in [0.3, 0.4) is 0 Å². The second kappa shape index (κ2) is 10.6. The molecule has 1 aliphatic rings. The van der Waals surface area contributed by atoms with Gasteiger partial charge in [-0.3, -0.25) is 4.79 Å². The Kier molecular flexibility index (Phi) is 8.79. The molecule has 1 fully saturated rings. The maximum absolute atomic E-state index is 12.1. The fourth-order valence-corrected chi connectivity index (χ4v) is 2.82. The van der Waals surface area contributed by atoms with Crippen LogP contribution in [0.15, 0.2) is 41.3 Å². The molecule has 1 aromatic carbocycles. The first kappa shape index (κ1) is 22.5. The van der Waals surface area contributed by atoms with Crippen molar-refractivity contribution in [1.29, 1.82) is 0 Å². The molecule has 9 nitrogen and oxygen atoms in total. The lowest BCUT2D eigenvalue weighted by molar-refractivity contribution is -0.899. The maximum Gasteiger partial charge on any atom is 0.328 e. The fourth-order valence-electron chi connectivity index (χ4n) is 2.19. The van der Waals surface area contributed by atoms with Gasteiger partial charge in [0.25, 0.3) is 0 Å². The highest BCUT2D eigenvalue weighted by atomic mass is 32.2. The molecule has 1 aliphatic heterocycles. The van der Waals surface area contributed by atoms with E-state index in [1.807, 2.05) is 0 Å². The molecule has 27 heavy (non-hydrogen) atoms. The Labute approximate surface area is 156 Å². The van der Waals surface area contributed by atoms with E-state index in [4.69, 9.17) is 9.84 Å². The van der Waals surface area contributed by atoms with Gasteiger partial charge in [-0.05, 0) is 30.3 Å². The molecule has 0 atom stereocenters. The number of carboxylic acids is 2. The van der Waals surface area contributed by atoms with Crippen molar-refractivity contribution in [2.45, 2.75) is 4.90 Å². The normalized spacial score (nSPS) is 15.0. The Morgan fingerprint density at radius 2 is 1.70 bits per heavy atom. The number of hydrogen-bond acceptors (Lipinski definition) is 7. The number of nitrogens with one attached hydrogen (secondary N) is 1. The van der Waals surface area contributed by atoms with E-state index in [1.165, 1.54) is 17.0 Å².